The van der Waals surface area contributed by atoms with Crippen LogP contribution in [0.4, 0.5) is 5.69 Å². The third kappa shape index (κ3) is 5.09. The second-order valence-corrected chi connectivity index (χ2v) is 6.94. The molecule has 1 aliphatic heterocycles. The molecule has 0 bridgehead atoms. The highest BCUT2D eigenvalue weighted by Crippen LogP contribution is 2.20. The smallest absolute Gasteiger partial charge is 0.251 e. The van der Waals surface area contributed by atoms with E-state index in [1.54, 1.807) is 0 Å². The Labute approximate surface area is 151 Å². The van der Waals surface area contributed by atoms with E-state index in [1.165, 1.54) is 36.1 Å². The summed E-state index contributed by atoms with van der Waals surface area (Å²) < 4.78 is 0. The maximum atomic E-state index is 12.3. The van der Waals surface area contributed by atoms with E-state index in [4.69, 9.17) is 0 Å². The number of hydrogen-bond donors (Lipinski definition) is 1. The summed E-state index contributed by atoms with van der Waals surface area (Å²) in [5.41, 5.74) is 4.59. The lowest BCUT2D eigenvalue weighted by Gasteiger charge is -2.28. The van der Waals surface area contributed by atoms with Crippen LogP contribution < -0.4 is 10.2 Å². The van der Waals surface area contributed by atoms with Crippen LogP contribution in [-0.2, 0) is 6.42 Å². The van der Waals surface area contributed by atoms with Crippen LogP contribution in [0, 0.1) is 6.92 Å². The van der Waals surface area contributed by atoms with Gasteiger partial charge in [0.2, 0.25) is 0 Å². The van der Waals surface area contributed by atoms with Gasteiger partial charge in [-0.2, -0.15) is 0 Å². The first-order chi connectivity index (χ1) is 12.2. The van der Waals surface area contributed by atoms with Crippen LogP contribution in [0.25, 0.3) is 0 Å². The Kier molecular flexibility index (Phi) is 6.10. The van der Waals surface area contributed by atoms with Crippen molar-refractivity contribution in [3.8, 4) is 0 Å². The van der Waals surface area contributed by atoms with E-state index >= 15 is 0 Å². The van der Waals surface area contributed by atoms with Crippen molar-refractivity contribution in [1.29, 1.82) is 0 Å². The Balaban J connectivity index is 1.43. The number of anilines is 1. The highest BCUT2D eigenvalue weighted by Gasteiger charge is 2.11. The summed E-state index contributed by atoms with van der Waals surface area (Å²) in [6.07, 6.45) is 5.82. The quantitative estimate of drug-likeness (QED) is 0.796. The lowest BCUT2D eigenvalue weighted by Crippen LogP contribution is -2.29. The third-order valence-electron chi connectivity index (χ3n) is 4.90. The van der Waals surface area contributed by atoms with Crippen LogP contribution in [0.5, 0.6) is 0 Å². The van der Waals surface area contributed by atoms with Gasteiger partial charge in [-0.25, -0.2) is 0 Å². The molecule has 3 nitrogen and oxygen atoms in total. The number of carbonyl (C=O) groups excluding carboxylic acids is 1. The predicted molar refractivity (Wildman–Crippen MR) is 104 cm³/mol. The minimum atomic E-state index is 0.0223. The zero-order valence-electron chi connectivity index (χ0n) is 15.1. The Bertz CT molecular complexity index is 670. The number of hydrogen-bond acceptors (Lipinski definition) is 2. The van der Waals surface area contributed by atoms with Gasteiger partial charge in [0.25, 0.3) is 5.91 Å². The van der Waals surface area contributed by atoms with E-state index in [1.807, 2.05) is 12.1 Å². The summed E-state index contributed by atoms with van der Waals surface area (Å²) in [5, 5.41) is 3.03. The van der Waals surface area contributed by atoms with Crippen molar-refractivity contribution in [1.82, 2.24) is 5.32 Å². The number of rotatable bonds is 6. The predicted octanol–water partition coefficient (Wildman–Crippen LogP) is 4.35. The number of benzene rings is 2. The highest BCUT2D eigenvalue weighted by atomic mass is 16.1. The molecule has 0 unspecified atom stereocenters. The molecule has 132 valence electrons. The fourth-order valence-corrected chi connectivity index (χ4v) is 3.33. The molecular formula is C22H28N2O. The maximum absolute atomic E-state index is 12.3. The molecule has 1 N–H and O–H groups in total. The second kappa shape index (κ2) is 8.70. The van der Waals surface area contributed by atoms with Gasteiger partial charge in [-0.05, 0) is 68.9 Å². The molecule has 0 radical (unpaired) electrons. The number of aryl methyl sites for hydroxylation is 2. The van der Waals surface area contributed by atoms with Gasteiger partial charge in [-0.15, -0.1) is 0 Å². The molecule has 0 atom stereocenters. The highest BCUT2D eigenvalue weighted by molar-refractivity contribution is 5.94. The molecule has 1 aliphatic rings. The molecule has 1 saturated heterocycles. The SMILES string of the molecule is Cc1ccc(CCCNC(=O)c2ccc(N3CCCCC3)cc2)cc1. The van der Waals surface area contributed by atoms with Crippen molar-refractivity contribution in [2.45, 2.75) is 39.0 Å². The van der Waals surface area contributed by atoms with Crippen molar-refractivity contribution in [2.75, 3.05) is 24.5 Å². The standard InChI is InChI=1S/C22H28N2O/c1-18-7-9-19(10-8-18)6-5-15-23-22(25)20-11-13-21(14-12-20)24-16-3-2-4-17-24/h7-14H,2-6,15-17H2,1H3,(H,23,25). The second-order valence-electron chi connectivity index (χ2n) is 6.94. The van der Waals surface area contributed by atoms with E-state index in [-0.39, 0.29) is 5.91 Å². The van der Waals surface area contributed by atoms with Crippen LogP contribution in [0.1, 0.15) is 47.2 Å². The van der Waals surface area contributed by atoms with E-state index < -0.39 is 0 Å². The summed E-state index contributed by atoms with van der Waals surface area (Å²) in [4.78, 5) is 14.7. The zero-order valence-corrected chi connectivity index (χ0v) is 15.1. The number of nitrogens with zero attached hydrogens (tertiary/aromatic N) is 1. The topological polar surface area (TPSA) is 32.3 Å². The molecule has 25 heavy (non-hydrogen) atoms. The molecule has 1 amide bonds. The molecule has 1 heterocycles. The molecule has 0 spiro atoms. The summed E-state index contributed by atoms with van der Waals surface area (Å²) in [6, 6.07) is 16.6. The average molecular weight is 336 g/mol. The number of amides is 1. The van der Waals surface area contributed by atoms with Gasteiger partial charge < -0.3 is 10.2 Å². The Morgan fingerprint density at radius 1 is 0.960 bits per heavy atom. The van der Waals surface area contributed by atoms with Crippen molar-refractivity contribution < 1.29 is 4.79 Å². The van der Waals surface area contributed by atoms with Gasteiger partial charge >= 0.3 is 0 Å². The lowest BCUT2D eigenvalue weighted by molar-refractivity contribution is 0.0953. The Morgan fingerprint density at radius 2 is 1.64 bits per heavy atom. The molecular weight excluding hydrogens is 308 g/mol. The van der Waals surface area contributed by atoms with Gasteiger partial charge in [0.1, 0.15) is 0 Å². The molecule has 0 saturated carbocycles. The monoisotopic (exact) mass is 336 g/mol. The van der Waals surface area contributed by atoms with Gasteiger partial charge in [0, 0.05) is 30.9 Å². The first kappa shape index (κ1) is 17.5. The molecule has 2 aromatic rings. The summed E-state index contributed by atoms with van der Waals surface area (Å²) in [7, 11) is 0. The fraction of sp³-hybridized carbons (Fsp3) is 0.409. The van der Waals surface area contributed by atoms with Crippen LogP contribution in [0.2, 0.25) is 0 Å². The zero-order chi connectivity index (χ0) is 17.5. The first-order valence-corrected chi connectivity index (χ1v) is 9.41. The van der Waals surface area contributed by atoms with Gasteiger partial charge in [0.05, 0.1) is 0 Å². The van der Waals surface area contributed by atoms with E-state index in [0.717, 1.165) is 31.5 Å². The molecule has 0 aliphatic carbocycles. The van der Waals surface area contributed by atoms with Crippen molar-refractivity contribution >= 4 is 11.6 Å². The lowest BCUT2D eigenvalue weighted by atomic mass is 10.1. The van der Waals surface area contributed by atoms with Crippen LogP contribution in [0.15, 0.2) is 48.5 Å². The maximum Gasteiger partial charge on any atom is 0.251 e. The average Bonchev–Trinajstić information content (AvgIpc) is 2.67. The minimum absolute atomic E-state index is 0.0223. The van der Waals surface area contributed by atoms with Crippen molar-refractivity contribution in [3.63, 3.8) is 0 Å². The molecule has 0 aromatic heterocycles. The molecule has 3 heteroatoms. The largest absolute Gasteiger partial charge is 0.372 e. The van der Waals surface area contributed by atoms with Crippen molar-refractivity contribution in [3.05, 3.63) is 65.2 Å². The fourth-order valence-electron chi connectivity index (χ4n) is 3.33. The molecule has 2 aromatic carbocycles. The number of carbonyl (C=O) groups is 1. The minimum Gasteiger partial charge on any atom is -0.372 e. The third-order valence-corrected chi connectivity index (χ3v) is 4.90. The van der Waals surface area contributed by atoms with E-state index in [2.05, 4.69) is 53.5 Å². The van der Waals surface area contributed by atoms with E-state index in [0.29, 0.717) is 6.54 Å². The van der Waals surface area contributed by atoms with E-state index in [9.17, 15) is 4.79 Å². The summed E-state index contributed by atoms with van der Waals surface area (Å²) in [6.45, 7) is 5.07. The summed E-state index contributed by atoms with van der Waals surface area (Å²) >= 11 is 0. The van der Waals surface area contributed by atoms with Gasteiger partial charge in [0.15, 0.2) is 0 Å². The normalized spacial score (nSPS) is 14.4. The van der Waals surface area contributed by atoms with Gasteiger partial charge in [-0.1, -0.05) is 29.8 Å². The van der Waals surface area contributed by atoms with Crippen LogP contribution >= 0.6 is 0 Å². The number of nitrogens with one attached hydrogen (secondary N) is 1. The van der Waals surface area contributed by atoms with Gasteiger partial charge in [-0.3, -0.25) is 4.79 Å². The first-order valence-electron chi connectivity index (χ1n) is 9.41. The summed E-state index contributed by atoms with van der Waals surface area (Å²) in [5.74, 6) is 0.0223. The van der Waals surface area contributed by atoms with Crippen LogP contribution in [-0.4, -0.2) is 25.5 Å². The van der Waals surface area contributed by atoms with Crippen molar-refractivity contribution in [2.24, 2.45) is 0 Å². The van der Waals surface area contributed by atoms with Crippen LogP contribution in [0.3, 0.4) is 0 Å². The molecule has 3 rings (SSSR count). The Hall–Kier alpha value is -2.29. The number of piperidine rings is 1. The Morgan fingerprint density at radius 3 is 2.32 bits per heavy atom. The molecule has 1 fully saturated rings.